The van der Waals surface area contributed by atoms with Crippen LogP contribution in [0.25, 0.3) is 6.08 Å². The van der Waals surface area contributed by atoms with Gasteiger partial charge in [-0.05, 0) is 35.4 Å². The molecule has 0 fully saturated rings. The largest absolute Gasteiger partial charge is 0.385 e. The molecule has 0 aliphatic carbocycles. The number of amides is 1. The number of carbonyl (C=O) groups excluding carboxylic acids is 2. The summed E-state index contributed by atoms with van der Waals surface area (Å²) >= 11 is 0. The van der Waals surface area contributed by atoms with E-state index < -0.39 is 0 Å². The Morgan fingerprint density at radius 2 is 1.96 bits per heavy atom. The van der Waals surface area contributed by atoms with Gasteiger partial charge in [0.05, 0.1) is 5.70 Å². The zero-order valence-corrected chi connectivity index (χ0v) is 17.0. The first-order valence-corrected chi connectivity index (χ1v) is 9.29. The molecular weight excluding hydrogens is 350 g/mol. The molecule has 1 amide bonds. The minimum absolute atomic E-state index is 0.0542. The summed E-state index contributed by atoms with van der Waals surface area (Å²) in [5, 5.41) is 8.81. The van der Waals surface area contributed by atoms with Gasteiger partial charge in [0, 0.05) is 26.2 Å². The Morgan fingerprint density at radius 1 is 1.21 bits per heavy atom. The van der Waals surface area contributed by atoms with Gasteiger partial charge in [-0.25, -0.2) is 0 Å². The fourth-order valence-corrected chi connectivity index (χ4v) is 2.35. The van der Waals surface area contributed by atoms with Crippen molar-refractivity contribution in [1.29, 1.82) is 0 Å². The summed E-state index contributed by atoms with van der Waals surface area (Å²) in [6.45, 7) is 9.95. The molecule has 0 unspecified atom stereocenters. The van der Waals surface area contributed by atoms with E-state index in [1.165, 1.54) is 6.92 Å². The second kappa shape index (κ2) is 12.1. The lowest BCUT2D eigenvalue weighted by Gasteiger charge is -2.11. The van der Waals surface area contributed by atoms with Gasteiger partial charge in [0.15, 0.2) is 5.78 Å². The van der Waals surface area contributed by atoms with Gasteiger partial charge in [0.25, 0.3) is 5.91 Å². The monoisotopic (exact) mass is 379 g/mol. The molecule has 3 N–H and O–H groups in total. The maximum absolute atomic E-state index is 12.6. The van der Waals surface area contributed by atoms with Crippen LogP contribution in [0.2, 0.25) is 0 Å². The van der Waals surface area contributed by atoms with E-state index in [0.29, 0.717) is 23.6 Å². The SMILES string of the molecule is C=C1/C=C\C=C/CN/C(C(=O)Nc2cccc(/C=C(\NC)C(C)=O)c2)=C\1.CC. The lowest BCUT2D eigenvalue weighted by molar-refractivity contribution is -0.114. The Morgan fingerprint density at radius 3 is 2.64 bits per heavy atom. The Labute approximate surface area is 167 Å². The van der Waals surface area contributed by atoms with E-state index in [9.17, 15) is 9.59 Å². The van der Waals surface area contributed by atoms with Gasteiger partial charge in [-0.3, -0.25) is 9.59 Å². The van der Waals surface area contributed by atoms with Gasteiger partial charge >= 0.3 is 0 Å². The van der Waals surface area contributed by atoms with E-state index in [2.05, 4.69) is 22.5 Å². The predicted molar refractivity (Wildman–Crippen MR) is 118 cm³/mol. The summed E-state index contributed by atoms with van der Waals surface area (Å²) in [5.74, 6) is -0.308. The van der Waals surface area contributed by atoms with Crippen LogP contribution >= 0.6 is 0 Å². The molecule has 0 aromatic heterocycles. The Kier molecular flexibility index (Phi) is 9.83. The van der Waals surface area contributed by atoms with Crippen LogP contribution in [0.1, 0.15) is 26.3 Å². The molecule has 28 heavy (non-hydrogen) atoms. The van der Waals surface area contributed by atoms with Crippen molar-refractivity contribution in [2.45, 2.75) is 20.8 Å². The third-order valence-electron chi connectivity index (χ3n) is 3.65. The molecule has 0 spiro atoms. The number of hydrogen-bond acceptors (Lipinski definition) is 4. The smallest absolute Gasteiger partial charge is 0.271 e. The average molecular weight is 380 g/mol. The molecule has 5 heteroatoms. The van der Waals surface area contributed by atoms with E-state index in [1.54, 1.807) is 25.3 Å². The van der Waals surface area contributed by atoms with Crippen molar-refractivity contribution in [2.24, 2.45) is 0 Å². The third kappa shape index (κ3) is 7.50. The van der Waals surface area contributed by atoms with Crippen LogP contribution in [0.5, 0.6) is 0 Å². The Hall–Kier alpha value is -3.34. The van der Waals surface area contributed by atoms with Crippen LogP contribution in [0.15, 0.2) is 78.2 Å². The normalized spacial score (nSPS) is 17.8. The Bertz CT molecular complexity index is 830. The molecule has 148 valence electrons. The fraction of sp³-hybridized carbons (Fsp3) is 0.217. The molecule has 0 radical (unpaired) electrons. The molecule has 1 aromatic carbocycles. The van der Waals surface area contributed by atoms with Crippen molar-refractivity contribution in [1.82, 2.24) is 10.6 Å². The summed E-state index contributed by atoms with van der Waals surface area (Å²) < 4.78 is 0. The minimum atomic E-state index is -0.253. The van der Waals surface area contributed by atoms with Gasteiger partial charge in [-0.2, -0.15) is 0 Å². The molecule has 0 bridgehead atoms. The van der Waals surface area contributed by atoms with E-state index >= 15 is 0 Å². The van der Waals surface area contributed by atoms with E-state index in [4.69, 9.17) is 0 Å². The number of allylic oxidation sites excluding steroid dienone is 6. The first kappa shape index (κ1) is 22.7. The van der Waals surface area contributed by atoms with Gasteiger partial charge in [0.1, 0.15) is 5.70 Å². The predicted octanol–water partition coefficient (Wildman–Crippen LogP) is 3.96. The summed E-state index contributed by atoms with van der Waals surface area (Å²) in [4.78, 5) is 24.1. The highest BCUT2D eigenvalue weighted by molar-refractivity contribution is 6.04. The van der Waals surface area contributed by atoms with E-state index in [1.807, 2.05) is 56.4 Å². The second-order valence-electron chi connectivity index (χ2n) is 5.74. The zero-order chi connectivity index (χ0) is 20.9. The van der Waals surface area contributed by atoms with E-state index in [-0.39, 0.29) is 11.7 Å². The molecule has 5 nitrogen and oxygen atoms in total. The number of anilines is 1. The van der Waals surface area contributed by atoms with Crippen molar-refractivity contribution in [2.75, 3.05) is 18.9 Å². The molecule has 1 aromatic rings. The summed E-state index contributed by atoms with van der Waals surface area (Å²) in [6.07, 6.45) is 11.0. The van der Waals surface area contributed by atoms with Crippen molar-refractivity contribution < 1.29 is 9.59 Å². The zero-order valence-electron chi connectivity index (χ0n) is 17.0. The van der Waals surface area contributed by atoms with Crippen molar-refractivity contribution in [3.8, 4) is 0 Å². The third-order valence-corrected chi connectivity index (χ3v) is 3.65. The van der Waals surface area contributed by atoms with Crippen LogP contribution in [-0.4, -0.2) is 25.3 Å². The number of Topliss-reactive ketones (excluding diaryl/α,β-unsaturated/α-hetero) is 1. The van der Waals surface area contributed by atoms with Crippen molar-refractivity contribution in [3.63, 3.8) is 0 Å². The standard InChI is InChI=1S/C21H23N3O2.C2H6/c1-15-8-5-4-6-11-23-20(12-15)21(26)24-18-10-7-9-17(13-18)14-19(22-3)16(2)25;1-2/h4-10,12-14,22-23H,1,11H2,2-3H3,(H,24,26);1-2H3/b6-4-,8-5-,19-14-,20-12-;. The van der Waals surface area contributed by atoms with Crippen LogP contribution in [-0.2, 0) is 9.59 Å². The molecule has 0 saturated heterocycles. The molecular formula is C23H29N3O2. The number of nitrogens with one attached hydrogen (secondary N) is 3. The number of ketones is 1. The molecule has 0 atom stereocenters. The quantitative estimate of drug-likeness (QED) is 0.678. The summed E-state index contributed by atoms with van der Waals surface area (Å²) in [7, 11) is 1.70. The lowest BCUT2D eigenvalue weighted by atomic mass is 10.1. The van der Waals surface area contributed by atoms with E-state index in [0.717, 1.165) is 11.1 Å². The van der Waals surface area contributed by atoms with Crippen LogP contribution < -0.4 is 16.0 Å². The summed E-state index contributed by atoms with van der Waals surface area (Å²) in [6, 6.07) is 7.30. The number of rotatable bonds is 5. The average Bonchev–Trinajstić information content (AvgIpc) is 2.79. The highest BCUT2D eigenvalue weighted by Gasteiger charge is 2.10. The Balaban J connectivity index is 0.00000190. The van der Waals surface area contributed by atoms with Crippen molar-refractivity contribution >= 4 is 23.5 Å². The van der Waals surface area contributed by atoms with Gasteiger partial charge < -0.3 is 16.0 Å². The maximum atomic E-state index is 12.6. The fourth-order valence-electron chi connectivity index (χ4n) is 2.35. The molecule has 1 aliphatic rings. The van der Waals surface area contributed by atoms with Gasteiger partial charge in [-0.1, -0.05) is 56.9 Å². The first-order valence-electron chi connectivity index (χ1n) is 9.29. The lowest BCUT2D eigenvalue weighted by Crippen LogP contribution is -2.26. The molecule has 0 saturated carbocycles. The number of likely N-dealkylation sites (N-methyl/N-ethyl adjacent to an activating group) is 1. The molecule has 1 aliphatic heterocycles. The second-order valence-corrected chi connectivity index (χ2v) is 5.74. The number of carbonyl (C=O) groups is 2. The topological polar surface area (TPSA) is 70.2 Å². The maximum Gasteiger partial charge on any atom is 0.271 e. The number of benzene rings is 1. The molecule has 2 rings (SSSR count). The first-order chi connectivity index (χ1) is 13.5. The van der Waals surface area contributed by atoms with Crippen LogP contribution in [0, 0.1) is 0 Å². The molecule has 1 heterocycles. The van der Waals surface area contributed by atoms with Crippen molar-refractivity contribution in [3.05, 3.63) is 83.8 Å². The summed E-state index contributed by atoms with van der Waals surface area (Å²) in [5.41, 5.74) is 3.12. The van der Waals surface area contributed by atoms with Gasteiger partial charge in [0.2, 0.25) is 0 Å². The highest BCUT2D eigenvalue weighted by Crippen LogP contribution is 2.15. The number of hydrogen-bond donors (Lipinski definition) is 3. The van der Waals surface area contributed by atoms with Gasteiger partial charge in [-0.15, -0.1) is 0 Å². The minimum Gasteiger partial charge on any atom is -0.385 e. The van der Waals surface area contributed by atoms with Crippen LogP contribution in [0.4, 0.5) is 5.69 Å². The van der Waals surface area contributed by atoms with Crippen LogP contribution in [0.3, 0.4) is 0 Å². The highest BCUT2D eigenvalue weighted by atomic mass is 16.2.